The predicted octanol–water partition coefficient (Wildman–Crippen LogP) is 1.00. The number of hydroxylamine groups is 1. The van der Waals surface area contributed by atoms with Crippen LogP contribution >= 0.6 is 0 Å². The maximum absolute atomic E-state index is 10.7. The van der Waals surface area contributed by atoms with E-state index >= 15 is 0 Å². The molecule has 5 heteroatoms. The summed E-state index contributed by atoms with van der Waals surface area (Å²) in [4.78, 5) is 10.7. The molecular formula is C10H14N2O3. The van der Waals surface area contributed by atoms with Gasteiger partial charge in [-0.15, -0.1) is 0 Å². The summed E-state index contributed by atoms with van der Waals surface area (Å²) < 4.78 is 5.12. The molecule has 1 amide bonds. The smallest absolute Gasteiger partial charge is 0.245 e. The van der Waals surface area contributed by atoms with Crippen LogP contribution in [0.15, 0.2) is 24.3 Å². The van der Waals surface area contributed by atoms with Crippen LogP contribution in [0.1, 0.15) is 6.42 Å². The van der Waals surface area contributed by atoms with Crippen molar-refractivity contribution in [3.8, 4) is 5.75 Å². The number of hydrogen-bond acceptors (Lipinski definition) is 4. The average Bonchev–Trinajstić information content (AvgIpc) is 2.29. The zero-order chi connectivity index (χ0) is 11.1. The number of hydrogen-bond donors (Lipinski definition) is 3. The zero-order valence-electron chi connectivity index (χ0n) is 8.49. The molecule has 15 heavy (non-hydrogen) atoms. The largest absolute Gasteiger partial charge is 0.495 e. The lowest BCUT2D eigenvalue weighted by Crippen LogP contribution is -2.21. The molecule has 0 aliphatic carbocycles. The minimum atomic E-state index is -0.419. The van der Waals surface area contributed by atoms with E-state index in [1.54, 1.807) is 12.6 Å². The summed E-state index contributed by atoms with van der Waals surface area (Å²) in [5.41, 5.74) is 2.39. The molecular weight excluding hydrogens is 196 g/mol. The quantitative estimate of drug-likeness (QED) is 0.501. The second kappa shape index (κ2) is 5.87. The zero-order valence-corrected chi connectivity index (χ0v) is 8.49. The Hall–Kier alpha value is -1.75. The van der Waals surface area contributed by atoms with Crippen LogP contribution in [0.4, 0.5) is 5.69 Å². The van der Waals surface area contributed by atoms with Crippen LogP contribution in [0, 0.1) is 0 Å². The molecule has 0 saturated heterocycles. The summed E-state index contributed by atoms with van der Waals surface area (Å²) in [6, 6.07) is 7.42. The highest BCUT2D eigenvalue weighted by molar-refractivity contribution is 5.75. The number of nitrogens with one attached hydrogen (secondary N) is 2. The Morgan fingerprint density at radius 2 is 2.20 bits per heavy atom. The minimum Gasteiger partial charge on any atom is -0.495 e. The van der Waals surface area contributed by atoms with Crippen molar-refractivity contribution < 1.29 is 14.7 Å². The monoisotopic (exact) mass is 210 g/mol. The highest BCUT2D eigenvalue weighted by Gasteiger charge is 2.02. The van der Waals surface area contributed by atoms with E-state index in [9.17, 15) is 4.79 Å². The van der Waals surface area contributed by atoms with Crippen molar-refractivity contribution in [2.75, 3.05) is 19.0 Å². The van der Waals surface area contributed by atoms with Crippen LogP contribution in [0.25, 0.3) is 0 Å². The number of para-hydroxylation sites is 2. The normalized spacial score (nSPS) is 9.47. The van der Waals surface area contributed by atoms with Crippen LogP contribution in [0.5, 0.6) is 5.75 Å². The van der Waals surface area contributed by atoms with E-state index < -0.39 is 5.91 Å². The van der Waals surface area contributed by atoms with Crippen LogP contribution < -0.4 is 15.5 Å². The lowest BCUT2D eigenvalue weighted by Gasteiger charge is -2.09. The van der Waals surface area contributed by atoms with Gasteiger partial charge in [-0.05, 0) is 12.1 Å². The van der Waals surface area contributed by atoms with Crippen molar-refractivity contribution in [2.24, 2.45) is 0 Å². The molecule has 0 spiro atoms. The standard InChI is InChI=1S/C10H14N2O3/c1-15-9-5-3-2-4-8(9)11-7-6-10(13)12-14/h2-5,11,14H,6-7H2,1H3,(H,12,13). The van der Waals surface area contributed by atoms with Crippen molar-refractivity contribution in [3.05, 3.63) is 24.3 Å². The summed E-state index contributed by atoms with van der Waals surface area (Å²) in [7, 11) is 1.58. The van der Waals surface area contributed by atoms with Crippen molar-refractivity contribution in [2.45, 2.75) is 6.42 Å². The Balaban J connectivity index is 2.46. The van der Waals surface area contributed by atoms with Gasteiger partial charge in [-0.3, -0.25) is 10.0 Å². The molecule has 0 bridgehead atoms. The van der Waals surface area contributed by atoms with Gasteiger partial charge >= 0.3 is 0 Å². The maximum atomic E-state index is 10.7. The first-order valence-corrected chi connectivity index (χ1v) is 4.57. The van der Waals surface area contributed by atoms with Crippen LogP contribution in [0.3, 0.4) is 0 Å². The Morgan fingerprint density at radius 1 is 1.47 bits per heavy atom. The molecule has 1 aromatic rings. The molecule has 0 saturated carbocycles. The molecule has 0 unspecified atom stereocenters. The molecule has 0 fully saturated rings. The third-order valence-electron chi connectivity index (χ3n) is 1.90. The van der Waals surface area contributed by atoms with E-state index in [1.165, 1.54) is 0 Å². The Morgan fingerprint density at radius 3 is 2.87 bits per heavy atom. The molecule has 0 radical (unpaired) electrons. The minimum absolute atomic E-state index is 0.203. The molecule has 0 aliphatic heterocycles. The number of carbonyl (C=O) groups excluding carboxylic acids is 1. The van der Waals surface area contributed by atoms with E-state index in [-0.39, 0.29) is 6.42 Å². The van der Waals surface area contributed by atoms with Crippen LogP contribution in [0.2, 0.25) is 0 Å². The topological polar surface area (TPSA) is 70.6 Å². The summed E-state index contributed by atoms with van der Waals surface area (Å²) in [5.74, 6) is 0.305. The fourth-order valence-corrected chi connectivity index (χ4v) is 1.16. The van der Waals surface area contributed by atoms with E-state index in [0.29, 0.717) is 6.54 Å². The fourth-order valence-electron chi connectivity index (χ4n) is 1.16. The van der Waals surface area contributed by atoms with Gasteiger partial charge in [0.15, 0.2) is 0 Å². The van der Waals surface area contributed by atoms with E-state index in [4.69, 9.17) is 9.94 Å². The Labute approximate surface area is 88.0 Å². The number of methoxy groups -OCH3 is 1. The van der Waals surface area contributed by atoms with Gasteiger partial charge in [-0.2, -0.15) is 0 Å². The number of amides is 1. The number of rotatable bonds is 5. The van der Waals surface area contributed by atoms with Gasteiger partial charge < -0.3 is 10.1 Å². The first kappa shape index (κ1) is 11.3. The fraction of sp³-hybridized carbons (Fsp3) is 0.300. The second-order valence-corrected chi connectivity index (χ2v) is 2.91. The van der Waals surface area contributed by atoms with Gasteiger partial charge in [-0.1, -0.05) is 12.1 Å². The summed E-state index contributed by atoms with van der Waals surface area (Å²) in [5, 5.41) is 11.3. The van der Waals surface area contributed by atoms with E-state index in [0.717, 1.165) is 11.4 Å². The highest BCUT2D eigenvalue weighted by Crippen LogP contribution is 2.22. The van der Waals surface area contributed by atoms with E-state index in [2.05, 4.69) is 5.32 Å². The first-order valence-electron chi connectivity index (χ1n) is 4.57. The van der Waals surface area contributed by atoms with Crippen LogP contribution in [-0.4, -0.2) is 24.8 Å². The number of benzene rings is 1. The van der Waals surface area contributed by atoms with Crippen molar-refractivity contribution in [1.82, 2.24) is 5.48 Å². The van der Waals surface area contributed by atoms with Gasteiger partial charge in [0.2, 0.25) is 5.91 Å². The van der Waals surface area contributed by atoms with E-state index in [1.807, 2.05) is 24.3 Å². The molecule has 1 aromatic carbocycles. The molecule has 0 atom stereocenters. The van der Waals surface area contributed by atoms with Crippen LogP contribution in [-0.2, 0) is 4.79 Å². The van der Waals surface area contributed by atoms with Gasteiger partial charge in [0, 0.05) is 13.0 Å². The molecule has 82 valence electrons. The Kier molecular flexibility index (Phi) is 4.43. The lowest BCUT2D eigenvalue weighted by atomic mass is 10.3. The number of ether oxygens (including phenoxy) is 1. The van der Waals surface area contributed by atoms with Crippen molar-refractivity contribution >= 4 is 11.6 Å². The second-order valence-electron chi connectivity index (χ2n) is 2.91. The number of carbonyl (C=O) groups is 1. The SMILES string of the molecule is COc1ccccc1NCCC(=O)NO. The molecule has 1 rings (SSSR count). The highest BCUT2D eigenvalue weighted by atomic mass is 16.5. The molecule has 0 aromatic heterocycles. The summed E-state index contributed by atoms with van der Waals surface area (Å²) in [6.45, 7) is 0.437. The third kappa shape index (κ3) is 3.47. The predicted molar refractivity (Wildman–Crippen MR) is 56.0 cm³/mol. The summed E-state index contributed by atoms with van der Waals surface area (Å²) >= 11 is 0. The van der Waals surface area contributed by atoms with Crippen molar-refractivity contribution in [3.63, 3.8) is 0 Å². The van der Waals surface area contributed by atoms with Gasteiger partial charge in [0.05, 0.1) is 12.8 Å². The summed E-state index contributed by atoms with van der Waals surface area (Å²) in [6.07, 6.45) is 0.203. The molecule has 0 aliphatic rings. The lowest BCUT2D eigenvalue weighted by molar-refractivity contribution is -0.128. The van der Waals surface area contributed by atoms with Gasteiger partial charge in [0.25, 0.3) is 0 Å². The van der Waals surface area contributed by atoms with Crippen molar-refractivity contribution in [1.29, 1.82) is 0 Å². The van der Waals surface area contributed by atoms with Gasteiger partial charge in [0.1, 0.15) is 5.75 Å². The average molecular weight is 210 g/mol. The molecule has 5 nitrogen and oxygen atoms in total. The number of anilines is 1. The maximum Gasteiger partial charge on any atom is 0.245 e. The third-order valence-corrected chi connectivity index (χ3v) is 1.90. The first-order chi connectivity index (χ1) is 7.27. The Bertz CT molecular complexity index is 328. The molecule has 0 heterocycles. The van der Waals surface area contributed by atoms with Gasteiger partial charge in [-0.25, -0.2) is 5.48 Å². The molecule has 3 N–H and O–H groups in total.